The fraction of sp³-hybridized carbons (Fsp3) is 0.259. The molecule has 0 fully saturated rings. The van der Waals surface area contributed by atoms with E-state index < -0.39 is 0 Å². The van der Waals surface area contributed by atoms with Crippen LogP contribution in [0, 0.1) is 0 Å². The minimum atomic E-state index is -0.232. The first-order valence-corrected chi connectivity index (χ1v) is 11.6. The molecule has 0 aromatic heterocycles. The normalized spacial score (nSPS) is 18.1. The van der Waals surface area contributed by atoms with Gasteiger partial charge in [-0.15, -0.1) is 0 Å². The van der Waals surface area contributed by atoms with Crippen LogP contribution < -0.4 is 4.74 Å². The van der Waals surface area contributed by atoms with Crippen molar-refractivity contribution < 1.29 is 9.53 Å². The van der Waals surface area contributed by atoms with Crippen LogP contribution in [0.4, 0.5) is 0 Å². The van der Waals surface area contributed by atoms with Crippen LogP contribution in [-0.4, -0.2) is 41.7 Å². The van der Waals surface area contributed by atoms with E-state index in [1.165, 1.54) is 11.1 Å². The second-order valence-electron chi connectivity index (χ2n) is 8.49. The molecule has 0 aliphatic carbocycles. The van der Waals surface area contributed by atoms with Gasteiger partial charge in [0.05, 0.1) is 25.4 Å². The number of carbonyl (C=O) groups is 1. The van der Waals surface area contributed by atoms with E-state index in [4.69, 9.17) is 21.4 Å². The molecule has 6 heteroatoms. The zero-order valence-electron chi connectivity index (χ0n) is 18.6. The molecule has 0 saturated heterocycles. The van der Waals surface area contributed by atoms with Crippen molar-refractivity contribution in [2.24, 2.45) is 5.10 Å². The highest BCUT2D eigenvalue weighted by atomic mass is 35.5. The van der Waals surface area contributed by atoms with Crippen molar-refractivity contribution in [3.05, 3.63) is 100 Å². The van der Waals surface area contributed by atoms with Crippen LogP contribution in [0.1, 0.15) is 34.7 Å². The largest absolute Gasteiger partial charge is 0.497 e. The fourth-order valence-electron chi connectivity index (χ4n) is 4.66. The molecular formula is C27H26ClN3O2. The van der Waals surface area contributed by atoms with Crippen molar-refractivity contribution in [3.63, 3.8) is 0 Å². The zero-order chi connectivity index (χ0) is 22.8. The number of hydrazone groups is 1. The number of amides is 1. The van der Waals surface area contributed by atoms with Crippen molar-refractivity contribution >= 4 is 23.2 Å². The highest BCUT2D eigenvalue weighted by Crippen LogP contribution is 2.37. The maximum Gasteiger partial charge on any atom is 0.257 e. The quantitative estimate of drug-likeness (QED) is 0.534. The number of hydrogen-bond acceptors (Lipinski definition) is 4. The minimum absolute atomic E-state index is 0.0165. The maximum absolute atomic E-state index is 13.5. The standard InChI is InChI=1S/C27H26ClN3O2/c1-33-22-10-6-9-20(15-22)25-16-26(23-11-4-5-12-24(23)28)31(29-25)27(32)18-30-14-13-19-7-2-3-8-21(19)17-30/h2-12,15,26H,13-14,16-18H2,1H3/t26-/m1/s1. The SMILES string of the molecule is COc1cccc(C2=NN(C(=O)CN3CCc4ccccc4C3)[C@@H](c3ccccc3Cl)C2)c1. The Morgan fingerprint density at radius 2 is 1.85 bits per heavy atom. The Hall–Kier alpha value is -3.15. The summed E-state index contributed by atoms with van der Waals surface area (Å²) in [6, 6.07) is 23.7. The summed E-state index contributed by atoms with van der Waals surface area (Å²) in [6.07, 6.45) is 1.56. The van der Waals surface area contributed by atoms with E-state index in [1.807, 2.05) is 48.5 Å². The summed E-state index contributed by atoms with van der Waals surface area (Å²) in [4.78, 5) is 15.7. The van der Waals surface area contributed by atoms with E-state index in [-0.39, 0.29) is 11.9 Å². The van der Waals surface area contributed by atoms with E-state index in [9.17, 15) is 4.79 Å². The molecule has 2 aliphatic rings. The van der Waals surface area contributed by atoms with Crippen LogP contribution in [0.25, 0.3) is 0 Å². The number of methoxy groups -OCH3 is 1. The van der Waals surface area contributed by atoms with Gasteiger partial charge in [-0.2, -0.15) is 5.10 Å². The van der Waals surface area contributed by atoms with Gasteiger partial charge in [0.15, 0.2) is 0 Å². The van der Waals surface area contributed by atoms with Gasteiger partial charge in [-0.3, -0.25) is 9.69 Å². The number of benzene rings is 3. The lowest BCUT2D eigenvalue weighted by Crippen LogP contribution is -2.40. The Labute approximate surface area is 199 Å². The molecule has 2 heterocycles. The van der Waals surface area contributed by atoms with Gasteiger partial charge in [-0.05, 0) is 41.3 Å². The minimum Gasteiger partial charge on any atom is -0.497 e. The third kappa shape index (κ3) is 4.52. The Morgan fingerprint density at radius 3 is 2.67 bits per heavy atom. The number of nitrogens with zero attached hydrogens (tertiary/aromatic N) is 3. The average molecular weight is 460 g/mol. The summed E-state index contributed by atoms with van der Waals surface area (Å²) in [6.45, 7) is 1.96. The lowest BCUT2D eigenvalue weighted by molar-refractivity contribution is -0.134. The predicted octanol–water partition coefficient (Wildman–Crippen LogP) is 5.08. The second-order valence-corrected chi connectivity index (χ2v) is 8.89. The first kappa shape index (κ1) is 21.7. The van der Waals surface area contributed by atoms with Gasteiger partial charge in [0.1, 0.15) is 5.75 Å². The molecule has 33 heavy (non-hydrogen) atoms. The monoisotopic (exact) mass is 459 g/mol. The van der Waals surface area contributed by atoms with Crippen LogP contribution >= 0.6 is 11.6 Å². The second kappa shape index (κ2) is 9.38. The van der Waals surface area contributed by atoms with E-state index in [0.717, 1.165) is 42.1 Å². The zero-order valence-corrected chi connectivity index (χ0v) is 19.3. The highest BCUT2D eigenvalue weighted by Gasteiger charge is 2.35. The van der Waals surface area contributed by atoms with Gasteiger partial charge in [0.2, 0.25) is 0 Å². The lowest BCUT2D eigenvalue weighted by Gasteiger charge is -2.30. The van der Waals surface area contributed by atoms with E-state index in [1.54, 1.807) is 12.1 Å². The summed E-state index contributed by atoms with van der Waals surface area (Å²) < 4.78 is 5.39. The van der Waals surface area contributed by atoms with Crippen molar-refractivity contribution in [3.8, 4) is 5.75 Å². The molecule has 3 aromatic rings. The van der Waals surface area contributed by atoms with Gasteiger partial charge >= 0.3 is 0 Å². The van der Waals surface area contributed by atoms with Crippen LogP contribution in [-0.2, 0) is 17.8 Å². The molecule has 0 saturated carbocycles. The van der Waals surface area contributed by atoms with Crippen molar-refractivity contribution in [1.29, 1.82) is 0 Å². The molecule has 5 rings (SSSR count). The Morgan fingerprint density at radius 1 is 1.06 bits per heavy atom. The molecule has 5 nitrogen and oxygen atoms in total. The van der Waals surface area contributed by atoms with Crippen LogP contribution in [0.5, 0.6) is 5.75 Å². The van der Waals surface area contributed by atoms with E-state index in [0.29, 0.717) is 18.0 Å². The van der Waals surface area contributed by atoms with Gasteiger partial charge in [0.25, 0.3) is 5.91 Å². The first-order chi connectivity index (χ1) is 16.1. The van der Waals surface area contributed by atoms with Gasteiger partial charge in [-0.25, -0.2) is 5.01 Å². The summed E-state index contributed by atoms with van der Waals surface area (Å²) in [5.74, 6) is 0.749. The van der Waals surface area contributed by atoms with Gasteiger partial charge in [0, 0.05) is 30.1 Å². The summed E-state index contributed by atoms with van der Waals surface area (Å²) in [5.41, 5.74) is 5.39. The molecule has 0 spiro atoms. The van der Waals surface area contributed by atoms with Crippen molar-refractivity contribution in [2.75, 3.05) is 20.2 Å². The molecule has 0 unspecified atom stereocenters. The Balaban J connectivity index is 1.42. The predicted molar refractivity (Wildman–Crippen MR) is 131 cm³/mol. The van der Waals surface area contributed by atoms with Crippen LogP contribution in [0.2, 0.25) is 5.02 Å². The molecule has 1 amide bonds. The first-order valence-electron chi connectivity index (χ1n) is 11.2. The molecule has 0 radical (unpaired) electrons. The highest BCUT2D eigenvalue weighted by molar-refractivity contribution is 6.31. The summed E-state index contributed by atoms with van der Waals surface area (Å²) in [7, 11) is 1.65. The Bertz CT molecular complexity index is 1210. The van der Waals surface area contributed by atoms with Crippen molar-refractivity contribution in [2.45, 2.75) is 25.4 Å². The van der Waals surface area contributed by atoms with Crippen LogP contribution in [0.3, 0.4) is 0 Å². The van der Waals surface area contributed by atoms with E-state index in [2.05, 4.69) is 29.2 Å². The molecule has 168 valence electrons. The molecule has 0 N–H and O–H groups in total. The van der Waals surface area contributed by atoms with Crippen LogP contribution in [0.15, 0.2) is 77.9 Å². The number of ether oxygens (including phenoxy) is 1. The number of halogens is 1. The lowest BCUT2D eigenvalue weighted by atomic mass is 9.98. The number of hydrogen-bond donors (Lipinski definition) is 0. The van der Waals surface area contributed by atoms with Gasteiger partial charge in [-0.1, -0.05) is 66.2 Å². The smallest absolute Gasteiger partial charge is 0.257 e. The topological polar surface area (TPSA) is 45.1 Å². The summed E-state index contributed by atoms with van der Waals surface area (Å²) >= 11 is 6.54. The molecule has 0 bridgehead atoms. The third-order valence-electron chi connectivity index (χ3n) is 6.40. The number of fused-ring (bicyclic) bond motifs is 1. The molecular weight excluding hydrogens is 434 g/mol. The maximum atomic E-state index is 13.5. The third-order valence-corrected chi connectivity index (χ3v) is 6.75. The molecule has 3 aromatic carbocycles. The van der Waals surface area contributed by atoms with Crippen molar-refractivity contribution in [1.82, 2.24) is 9.91 Å². The average Bonchev–Trinajstić information content (AvgIpc) is 3.30. The summed E-state index contributed by atoms with van der Waals surface area (Å²) in [5, 5.41) is 7.08. The number of rotatable bonds is 5. The van der Waals surface area contributed by atoms with Gasteiger partial charge < -0.3 is 4.74 Å². The molecule has 2 aliphatic heterocycles. The molecule has 1 atom stereocenters. The fourth-order valence-corrected chi connectivity index (χ4v) is 4.92. The van der Waals surface area contributed by atoms with E-state index >= 15 is 0 Å². The number of carbonyl (C=O) groups excluding carboxylic acids is 1. The Kier molecular flexibility index (Phi) is 6.16.